The molecular weight excluding hydrogens is 396 g/mol. The lowest BCUT2D eigenvalue weighted by Gasteiger charge is -2.26. The normalized spacial score (nSPS) is 17.8. The molecule has 1 N–H and O–H groups in total. The third-order valence-electron chi connectivity index (χ3n) is 5.93. The van der Waals surface area contributed by atoms with Gasteiger partial charge in [-0.3, -0.25) is 4.79 Å². The molecule has 0 saturated heterocycles. The Hall–Kier alpha value is -2.90. The van der Waals surface area contributed by atoms with Crippen LogP contribution in [0.15, 0.2) is 60.7 Å². The standard InChI is InChI=1S/C28H34N2O2/c1-20(2)18-26(28(31)30-17-16-29)32-27(23-9-5-4-6-10-23)24-14-12-22(13-15-24)25-11-7-8-21(3)19-25/h4-6,9-15,20-21,26-27H,7-8,17-19H2,1-3H3,(H,30,31)/t21?,26-,27?/m0/s1. The molecule has 4 heteroatoms. The highest BCUT2D eigenvalue weighted by atomic mass is 16.5. The number of rotatable bonds is 9. The molecule has 168 valence electrons. The Bertz CT molecular complexity index is 942. The van der Waals surface area contributed by atoms with E-state index in [-0.39, 0.29) is 24.5 Å². The van der Waals surface area contributed by atoms with Crippen LogP contribution in [0.5, 0.6) is 0 Å². The highest BCUT2D eigenvalue weighted by Crippen LogP contribution is 2.33. The largest absolute Gasteiger partial charge is 0.356 e. The van der Waals surface area contributed by atoms with Gasteiger partial charge in [0.25, 0.3) is 0 Å². The SMILES string of the molecule is CC(C)C[C@H](OC(c1ccccc1)c1ccc(C2=CCCC(C)C2)cc1)C(=O)NCC#N. The van der Waals surface area contributed by atoms with E-state index in [1.165, 1.54) is 17.6 Å². The van der Waals surface area contributed by atoms with Crippen molar-refractivity contribution in [2.75, 3.05) is 6.54 Å². The number of nitrogens with zero attached hydrogens (tertiary/aromatic N) is 1. The maximum absolute atomic E-state index is 12.7. The van der Waals surface area contributed by atoms with Crippen molar-refractivity contribution in [1.82, 2.24) is 5.32 Å². The summed E-state index contributed by atoms with van der Waals surface area (Å²) in [6, 6.07) is 20.6. The molecule has 0 bridgehead atoms. The van der Waals surface area contributed by atoms with E-state index in [1.807, 2.05) is 36.4 Å². The second-order valence-electron chi connectivity index (χ2n) is 9.16. The summed E-state index contributed by atoms with van der Waals surface area (Å²) < 4.78 is 6.46. The summed E-state index contributed by atoms with van der Waals surface area (Å²) >= 11 is 0. The van der Waals surface area contributed by atoms with Gasteiger partial charge in [-0.2, -0.15) is 5.26 Å². The summed E-state index contributed by atoms with van der Waals surface area (Å²) in [6.45, 7) is 6.43. The molecule has 4 nitrogen and oxygen atoms in total. The minimum absolute atomic E-state index is 0.0188. The van der Waals surface area contributed by atoms with Crippen molar-refractivity contribution >= 4 is 11.5 Å². The maximum atomic E-state index is 12.7. The Morgan fingerprint density at radius 3 is 2.44 bits per heavy atom. The molecular formula is C28H34N2O2. The third kappa shape index (κ3) is 6.55. The number of allylic oxidation sites excluding steroid dienone is 2. The Labute approximate surface area is 192 Å². The van der Waals surface area contributed by atoms with Crippen LogP contribution in [-0.2, 0) is 9.53 Å². The summed E-state index contributed by atoms with van der Waals surface area (Å²) in [5, 5.41) is 11.5. The zero-order chi connectivity index (χ0) is 22.9. The van der Waals surface area contributed by atoms with Gasteiger partial charge in [-0.05, 0) is 59.8 Å². The summed E-state index contributed by atoms with van der Waals surface area (Å²) in [4.78, 5) is 12.7. The van der Waals surface area contributed by atoms with Gasteiger partial charge in [0.1, 0.15) is 18.8 Å². The van der Waals surface area contributed by atoms with Gasteiger partial charge in [-0.15, -0.1) is 0 Å². The molecule has 1 amide bonds. The highest BCUT2D eigenvalue weighted by Gasteiger charge is 2.26. The van der Waals surface area contributed by atoms with Gasteiger partial charge in [-0.1, -0.05) is 81.4 Å². The number of amides is 1. The number of nitrogens with one attached hydrogen (secondary N) is 1. The summed E-state index contributed by atoms with van der Waals surface area (Å²) in [7, 11) is 0. The van der Waals surface area contributed by atoms with E-state index >= 15 is 0 Å². The van der Waals surface area contributed by atoms with E-state index in [4.69, 9.17) is 10.00 Å². The van der Waals surface area contributed by atoms with Crippen LogP contribution in [0, 0.1) is 23.2 Å². The number of ether oxygens (including phenoxy) is 1. The molecule has 0 aromatic heterocycles. The van der Waals surface area contributed by atoms with Crippen LogP contribution in [0.2, 0.25) is 0 Å². The van der Waals surface area contributed by atoms with Crippen LogP contribution in [0.25, 0.3) is 5.57 Å². The number of hydrogen-bond donors (Lipinski definition) is 1. The molecule has 3 atom stereocenters. The molecule has 0 fully saturated rings. The summed E-state index contributed by atoms with van der Waals surface area (Å²) in [5.41, 5.74) is 4.71. The van der Waals surface area contributed by atoms with Gasteiger partial charge >= 0.3 is 0 Å². The number of carbonyl (C=O) groups excluding carboxylic acids is 1. The molecule has 1 aliphatic rings. The lowest BCUT2D eigenvalue weighted by Crippen LogP contribution is -2.38. The number of carbonyl (C=O) groups is 1. The molecule has 0 saturated carbocycles. The minimum atomic E-state index is -0.630. The fourth-order valence-corrected chi connectivity index (χ4v) is 4.25. The van der Waals surface area contributed by atoms with Gasteiger partial charge < -0.3 is 10.1 Å². The first kappa shape index (κ1) is 23.8. The first-order valence-electron chi connectivity index (χ1n) is 11.6. The van der Waals surface area contributed by atoms with Crippen LogP contribution in [-0.4, -0.2) is 18.6 Å². The van der Waals surface area contributed by atoms with E-state index in [9.17, 15) is 4.79 Å². The van der Waals surface area contributed by atoms with E-state index in [0.717, 1.165) is 29.9 Å². The molecule has 1 aliphatic carbocycles. The average molecular weight is 431 g/mol. The Morgan fingerprint density at radius 2 is 1.81 bits per heavy atom. The van der Waals surface area contributed by atoms with Crippen molar-refractivity contribution < 1.29 is 9.53 Å². The zero-order valence-electron chi connectivity index (χ0n) is 19.4. The maximum Gasteiger partial charge on any atom is 0.250 e. The molecule has 2 unspecified atom stereocenters. The van der Waals surface area contributed by atoms with Crippen molar-refractivity contribution in [2.24, 2.45) is 11.8 Å². The van der Waals surface area contributed by atoms with Crippen LogP contribution < -0.4 is 5.32 Å². The second-order valence-corrected chi connectivity index (χ2v) is 9.16. The molecule has 0 aliphatic heterocycles. The predicted octanol–water partition coefficient (Wildman–Crippen LogP) is 6.05. The molecule has 2 aromatic rings. The fraction of sp³-hybridized carbons (Fsp3) is 0.429. The van der Waals surface area contributed by atoms with Crippen molar-refractivity contribution in [3.05, 3.63) is 77.4 Å². The lowest BCUT2D eigenvalue weighted by atomic mass is 9.86. The second kappa shape index (κ2) is 11.6. The minimum Gasteiger partial charge on any atom is -0.356 e. The number of nitriles is 1. The Morgan fingerprint density at radius 1 is 1.12 bits per heavy atom. The van der Waals surface area contributed by atoms with Crippen molar-refractivity contribution in [1.29, 1.82) is 5.26 Å². The Balaban J connectivity index is 1.88. The van der Waals surface area contributed by atoms with E-state index < -0.39 is 6.10 Å². The first-order valence-corrected chi connectivity index (χ1v) is 11.6. The molecule has 32 heavy (non-hydrogen) atoms. The number of hydrogen-bond acceptors (Lipinski definition) is 3. The molecule has 0 heterocycles. The monoisotopic (exact) mass is 430 g/mol. The van der Waals surface area contributed by atoms with Crippen molar-refractivity contribution in [2.45, 2.75) is 58.7 Å². The third-order valence-corrected chi connectivity index (χ3v) is 5.93. The zero-order valence-corrected chi connectivity index (χ0v) is 19.4. The van der Waals surface area contributed by atoms with Crippen LogP contribution in [0.3, 0.4) is 0 Å². The quantitative estimate of drug-likeness (QED) is 0.493. The highest BCUT2D eigenvalue weighted by molar-refractivity contribution is 5.81. The fourth-order valence-electron chi connectivity index (χ4n) is 4.25. The smallest absolute Gasteiger partial charge is 0.250 e. The predicted molar refractivity (Wildman–Crippen MR) is 129 cm³/mol. The van der Waals surface area contributed by atoms with E-state index in [1.54, 1.807) is 0 Å². The lowest BCUT2D eigenvalue weighted by molar-refractivity contribution is -0.136. The van der Waals surface area contributed by atoms with Gasteiger partial charge in [0.05, 0.1) is 6.07 Å². The average Bonchev–Trinajstić information content (AvgIpc) is 2.80. The molecule has 0 radical (unpaired) electrons. The summed E-state index contributed by atoms with van der Waals surface area (Å²) in [5.74, 6) is 0.768. The van der Waals surface area contributed by atoms with Gasteiger partial charge in [0.2, 0.25) is 5.91 Å². The van der Waals surface area contributed by atoms with Crippen LogP contribution >= 0.6 is 0 Å². The van der Waals surface area contributed by atoms with Gasteiger partial charge in [0, 0.05) is 0 Å². The summed E-state index contributed by atoms with van der Waals surface area (Å²) in [6.07, 6.45) is 5.48. The first-order chi connectivity index (χ1) is 15.5. The molecule has 0 spiro atoms. The topological polar surface area (TPSA) is 62.1 Å². The van der Waals surface area contributed by atoms with Crippen molar-refractivity contribution in [3.8, 4) is 6.07 Å². The van der Waals surface area contributed by atoms with Crippen LogP contribution in [0.4, 0.5) is 0 Å². The number of benzene rings is 2. The molecule has 3 rings (SSSR count). The van der Waals surface area contributed by atoms with Gasteiger partial charge in [0.15, 0.2) is 0 Å². The van der Waals surface area contributed by atoms with Gasteiger partial charge in [-0.25, -0.2) is 0 Å². The van der Waals surface area contributed by atoms with Crippen LogP contribution in [0.1, 0.15) is 69.2 Å². The van der Waals surface area contributed by atoms with Crippen molar-refractivity contribution in [3.63, 3.8) is 0 Å². The molecule has 2 aromatic carbocycles. The van der Waals surface area contributed by atoms with E-state index in [2.05, 4.69) is 56.4 Å². The Kier molecular flexibility index (Phi) is 8.64. The van der Waals surface area contributed by atoms with E-state index in [0.29, 0.717) is 6.42 Å².